The highest BCUT2D eigenvalue weighted by Crippen LogP contribution is 1.88. The lowest BCUT2D eigenvalue weighted by molar-refractivity contribution is -0.143. The fourth-order valence-corrected chi connectivity index (χ4v) is 0.284. The number of esters is 1. The summed E-state index contributed by atoms with van der Waals surface area (Å²) in [5.74, 6) is -0.503. The third kappa shape index (κ3) is 3.73. The Bertz CT molecular complexity index is 109. The highest BCUT2D eigenvalue weighted by molar-refractivity contribution is 5.81. The minimum atomic E-state index is -0.503. The van der Waals surface area contributed by atoms with Gasteiger partial charge in [-0.15, -0.1) is 0 Å². The number of ether oxygens (including phenoxy) is 1. The Labute approximate surface area is 53.9 Å². The van der Waals surface area contributed by atoms with Crippen LogP contribution in [0.2, 0.25) is 0 Å². The lowest BCUT2D eigenvalue weighted by Gasteiger charge is -2.06. The highest BCUT2D eigenvalue weighted by atomic mass is 16.5. The van der Waals surface area contributed by atoms with E-state index in [0.29, 0.717) is 0 Å². The van der Waals surface area contributed by atoms with Crippen LogP contribution in [-0.2, 0) is 9.53 Å². The van der Waals surface area contributed by atoms with Crippen molar-refractivity contribution in [3.63, 3.8) is 0 Å². The number of hydrogen-bond acceptors (Lipinski definition) is 3. The summed E-state index contributed by atoms with van der Waals surface area (Å²) in [6, 6.07) is 0. The third-order valence-corrected chi connectivity index (χ3v) is 0.741. The van der Waals surface area contributed by atoms with Crippen LogP contribution in [0.1, 0.15) is 6.92 Å². The maximum absolute atomic E-state index is 10.3. The van der Waals surface area contributed by atoms with Crippen molar-refractivity contribution in [1.82, 2.24) is 0 Å². The molecule has 0 spiro atoms. The molecule has 0 saturated carbocycles. The molecule has 0 aromatic heterocycles. The average Bonchev–Trinajstić information content (AvgIpc) is 1.87. The number of rotatable bonds is 3. The van der Waals surface area contributed by atoms with Crippen LogP contribution in [0.4, 0.5) is 0 Å². The van der Waals surface area contributed by atoms with E-state index in [-0.39, 0.29) is 6.61 Å². The number of carbonyl (C=O) groups excluding carboxylic acids is 1. The monoisotopic (exact) mass is 130 g/mol. The van der Waals surface area contributed by atoms with E-state index in [2.05, 4.69) is 11.3 Å². The normalized spacial score (nSPS) is 12.2. The van der Waals surface area contributed by atoms with Gasteiger partial charge in [-0.05, 0) is 6.92 Å². The van der Waals surface area contributed by atoms with Crippen LogP contribution < -0.4 is 0 Å². The third-order valence-electron chi connectivity index (χ3n) is 0.741. The first-order valence-electron chi connectivity index (χ1n) is 2.64. The van der Waals surface area contributed by atoms with Gasteiger partial charge < -0.3 is 9.84 Å². The average molecular weight is 130 g/mol. The van der Waals surface area contributed by atoms with Crippen LogP contribution in [0.15, 0.2) is 12.7 Å². The van der Waals surface area contributed by atoms with Crippen molar-refractivity contribution in [1.29, 1.82) is 0 Å². The Morgan fingerprint density at radius 3 is 2.89 bits per heavy atom. The van der Waals surface area contributed by atoms with Gasteiger partial charge in [-0.1, -0.05) is 6.58 Å². The Morgan fingerprint density at radius 2 is 2.56 bits per heavy atom. The summed E-state index contributed by atoms with van der Waals surface area (Å²) in [5.41, 5.74) is 0. The molecule has 1 N–H and O–H groups in total. The Morgan fingerprint density at radius 1 is 2.00 bits per heavy atom. The second-order valence-electron chi connectivity index (χ2n) is 1.63. The first-order valence-corrected chi connectivity index (χ1v) is 2.64. The van der Waals surface area contributed by atoms with E-state index in [1.54, 1.807) is 6.92 Å². The van der Waals surface area contributed by atoms with Gasteiger partial charge in [-0.25, -0.2) is 4.79 Å². The molecule has 1 atom stereocenters. The predicted octanol–water partition coefficient (Wildman–Crippen LogP) is 0.0964. The van der Waals surface area contributed by atoms with Crippen LogP contribution in [0.25, 0.3) is 0 Å². The summed E-state index contributed by atoms with van der Waals surface area (Å²) in [6.45, 7) is 4.64. The fraction of sp³-hybridized carbons (Fsp3) is 0.500. The maximum Gasteiger partial charge on any atom is 0.330 e. The van der Waals surface area contributed by atoms with Crippen LogP contribution in [0, 0.1) is 0 Å². The topological polar surface area (TPSA) is 46.5 Å². The molecule has 0 aromatic carbocycles. The first-order chi connectivity index (χ1) is 4.20. The van der Waals surface area contributed by atoms with E-state index in [4.69, 9.17) is 5.11 Å². The standard InChI is InChI=1S/C6H10O3/c1-3-6(8)9-5(2)4-7/h3,5,7H,1,4H2,2H3/t5-/m1/s1. The molecule has 0 fully saturated rings. The Balaban J connectivity index is 3.46. The molecule has 52 valence electrons. The molecule has 0 aliphatic rings. The van der Waals surface area contributed by atoms with E-state index >= 15 is 0 Å². The van der Waals surface area contributed by atoms with Crippen molar-refractivity contribution < 1.29 is 14.6 Å². The predicted molar refractivity (Wildman–Crippen MR) is 32.8 cm³/mol. The number of aliphatic hydroxyl groups excluding tert-OH is 1. The van der Waals surface area contributed by atoms with Gasteiger partial charge in [0, 0.05) is 6.08 Å². The Hall–Kier alpha value is -0.830. The highest BCUT2D eigenvalue weighted by Gasteiger charge is 2.02. The van der Waals surface area contributed by atoms with Crippen molar-refractivity contribution in [3.8, 4) is 0 Å². The largest absolute Gasteiger partial charge is 0.457 e. The van der Waals surface area contributed by atoms with Crippen molar-refractivity contribution in [2.24, 2.45) is 0 Å². The van der Waals surface area contributed by atoms with E-state index in [0.717, 1.165) is 6.08 Å². The molecule has 0 radical (unpaired) electrons. The summed E-state index contributed by atoms with van der Waals surface area (Å²) in [5, 5.41) is 8.37. The molecule has 3 nitrogen and oxygen atoms in total. The second-order valence-corrected chi connectivity index (χ2v) is 1.63. The molecule has 9 heavy (non-hydrogen) atoms. The van der Waals surface area contributed by atoms with Gasteiger partial charge in [-0.3, -0.25) is 0 Å². The fourth-order valence-electron chi connectivity index (χ4n) is 0.284. The second kappa shape index (κ2) is 4.09. The molecule has 0 aromatic rings. The zero-order valence-electron chi connectivity index (χ0n) is 5.33. The summed E-state index contributed by atoms with van der Waals surface area (Å²) in [6.07, 6.45) is 0.627. The zero-order valence-corrected chi connectivity index (χ0v) is 5.33. The molecule has 0 saturated heterocycles. The SMILES string of the molecule is C=CC(=O)O[C@H](C)CO. The maximum atomic E-state index is 10.3. The van der Waals surface area contributed by atoms with Crippen molar-refractivity contribution >= 4 is 5.97 Å². The molecule has 0 unspecified atom stereocenters. The van der Waals surface area contributed by atoms with Gasteiger partial charge in [0.15, 0.2) is 0 Å². The lowest BCUT2D eigenvalue weighted by atomic mass is 10.4. The van der Waals surface area contributed by atoms with E-state index < -0.39 is 12.1 Å². The van der Waals surface area contributed by atoms with Crippen molar-refractivity contribution in [2.45, 2.75) is 13.0 Å². The smallest absolute Gasteiger partial charge is 0.330 e. The lowest BCUT2D eigenvalue weighted by Crippen LogP contribution is -2.16. The summed E-state index contributed by atoms with van der Waals surface area (Å²) in [7, 11) is 0. The van der Waals surface area contributed by atoms with Crippen LogP contribution in [0.3, 0.4) is 0 Å². The first kappa shape index (κ1) is 8.17. The molecular weight excluding hydrogens is 120 g/mol. The zero-order chi connectivity index (χ0) is 7.28. The van der Waals surface area contributed by atoms with Gasteiger partial charge in [0.25, 0.3) is 0 Å². The number of aliphatic hydroxyl groups is 1. The van der Waals surface area contributed by atoms with Crippen LogP contribution in [0.5, 0.6) is 0 Å². The molecule has 0 rings (SSSR count). The molecule has 0 aliphatic heterocycles. The molecular formula is C6H10O3. The molecule has 0 aliphatic carbocycles. The van der Waals surface area contributed by atoms with Gasteiger partial charge in [0.05, 0.1) is 6.61 Å². The quantitative estimate of drug-likeness (QED) is 0.435. The van der Waals surface area contributed by atoms with Gasteiger partial charge >= 0.3 is 5.97 Å². The van der Waals surface area contributed by atoms with Crippen molar-refractivity contribution in [2.75, 3.05) is 6.61 Å². The van der Waals surface area contributed by atoms with Crippen molar-refractivity contribution in [3.05, 3.63) is 12.7 Å². The minimum Gasteiger partial charge on any atom is -0.457 e. The number of hydrogen-bond donors (Lipinski definition) is 1. The van der Waals surface area contributed by atoms with Gasteiger partial charge in [0.2, 0.25) is 0 Å². The summed E-state index contributed by atoms with van der Waals surface area (Å²) >= 11 is 0. The molecule has 0 amide bonds. The van der Waals surface area contributed by atoms with Crippen LogP contribution in [-0.4, -0.2) is 23.8 Å². The van der Waals surface area contributed by atoms with E-state index in [1.165, 1.54) is 0 Å². The Kier molecular flexibility index (Phi) is 3.71. The number of carbonyl (C=O) groups is 1. The minimum absolute atomic E-state index is 0.153. The molecule has 3 heteroatoms. The van der Waals surface area contributed by atoms with E-state index in [1.807, 2.05) is 0 Å². The summed E-state index contributed by atoms with van der Waals surface area (Å²) < 4.78 is 4.54. The van der Waals surface area contributed by atoms with Crippen LogP contribution >= 0.6 is 0 Å². The van der Waals surface area contributed by atoms with Gasteiger partial charge in [-0.2, -0.15) is 0 Å². The van der Waals surface area contributed by atoms with E-state index in [9.17, 15) is 4.79 Å². The molecule has 0 heterocycles. The van der Waals surface area contributed by atoms with Gasteiger partial charge in [0.1, 0.15) is 6.10 Å². The summed E-state index contributed by atoms with van der Waals surface area (Å²) in [4.78, 5) is 10.3. The molecule has 0 bridgehead atoms.